The van der Waals surface area contributed by atoms with Crippen LogP contribution in [0.4, 0.5) is 17.1 Å². The smallest absolute Gasteiger partial charge is 0.0568 e. The van der Waals surface area contributed by atoms with Gasteiger partial charge in [-0.3, -0.25) is 0 Å². The van der Waals surface area contributed by atoms with Gasteiger partial charge in [0.15, 0.2) is 0 Å². The molecule has 9 aromatic carbocycles. The van der Waals surface area contributed by atoms with Gasteiger partial charge in [-0.05, 0) is 87.3 Å². The van der Waals surface area contributed by atoms with E-state index >= 15 is 0 Å². The number of rotatable bonds is 7. The second-order valence-electron chi connectivity index (χ2n) is 13.8. The van der Waals surface area contributed by atoms with Gasteiger partial charge in [0.05, 0.1) is 16.7 Å². The number of nitrogens with zero attached hydrogens (tertiary/aromatic N) is 2. The summed E-state index contributed by atoms with van der Waals surface area (Å²) in [5.74, 6) is 0. The highest BCUT2D eigenvalue weighted by Gasteiger charge is 2.21. The lowest BCUT2D eigenvalue weighted by Crippen LogP contribution is -2.10. The first-order valence-corrected chi connectivity index (χ1v) is 18.5. The van der Waals surface area contributed by atoms with E-state index in [9.17, 15) is 0 Å². The Hall–Kier alpha value is -7.16. The zero-order chi connectivity index (χ0) is 35.8. The molecule has 0 spiro atoms. The fourth-order valence-corrected chi connectivity index (χ4v) is 8.00. The van der Waals surface area contributed by atoms with Gasteiger partial charge in [-0.15, -0.1) is 0 Å². The van der Waals surface area contributed by atoms with Crippen molar-refractivity contribution in [3.05, 3.63) is 218 Å². The highest BCUT2D eigenvalue weighted by atomic mass is 15.1. The zero-order valence-corrected chi connectivity index (χ0v) is 29.7. The van der Waals surface area contributed by atoms with Crippen molar-refractivity contribution >= 4 is 49.6 Å². The van der Waals surface area contributed by atoms with Crippen molar-refractivity contribution in [2.75, 3.05) is 4.90 Å². The molecule has 0 fully saturated rings. The maximum atomic E-state index is 2.44. The van der Waals surface area contributed by atoms with Crippen molar-refractivity contribution in [2.45, 2.75) is 0 Å². The highest BCUT2D eigenvalue weighted by Crippen LogP contribution is 2.45. The third kappa shape index (κ3) is 5.53. The molecule has 10 rings (SSSR count). The topological polar surface area (TPSA) is 8.17 Å². The minimum absolute atomic E-state index is 1.11. The van der Waals surface area contributed by atoms with Crippen molar-refractivity contribution in [1.29, 1.82) is 0 Å². The Labute approximate surface area is 315 Å². The third-order valence-electron chi connectivity index (χ3n) is 10.6. The van der Waals surface area contributed by atoms with Crippen LogP contribution in [0.15, 0.2) is 218 Å². The molecular formula is C52H36N2. The summed E-state index contributed by atoms with van der Waals surface area (Å²) in [7, 11) is 0. The Morgan fingerprint density at radius 1 is 0.296 bits per heavy atom. The van der Waals surface area contributed by atoms with E-state index in [2.05, 4.69) is 228 Å². The quantitative estimate of drug-likeness (QED) is 0.162. The predicted octanol–water partition coefficient (Wildman–Crippen LogP) is 14.4. The summed E-state index contributed by atoms with van der Waals surface area (Å²) in [6.45, 7) is 0. The monoisotopic (exact) mass is 688 g/mol. The highest BCUT2D eigenvalue weighted by molar-refractivity contribution is 6.24. The Bertz CT molecular complexity index is 2870. The van der Waals surface area contributed by atoms with Gasteiger partial charge >= 0.3 is 0 Å². The summed E-state index contributed by atoms with van der Waals surface area (Å²) < 4.78 is 2.44. The fourth-order valence-electron chi connectivity index (χ4n) is 8.00. The summed E-state index contributed by atoms with van der Waals surface area (Å²) in [5, 5.41) is 4.95. The van der Waals surface area contributed by atoms with E-state index in [-0.39, 0.29) is 0 Å². The van der Waals surface area contributed by atoms with Crippen LogP contribution >= 0.6 is 0 Å². The Kier molecular flexibility index (Phi) is 7.85. The molecule has 0 aliphatic rings. The van der Waals surface area contributed by atoms with E-state index in [1.54, 1.807) is 0 Å². The molecule has 54 heavy (non-hydrogen) atoms. The van der Waals surface area contributed by atoms with Crippen LogP contribution in [0.3, 0.4) is 0 Å². The van der Waals surface area contributed by atoms with Crippen molar-refractivity contribution in [3.8, 4) is 39.1 Å². The van der Waals surface area contributed by atoms with Crippen molar-refractivity contribution in [2.24, 2.45) is 0 Å². The number of benzene rings is 9. The molecule has 0 unspecified atom stereocenters. The SMILES string of the molecule is c1ccc(-c2ccc(-c3ccc(-n4c5ccccc5c5c6ccccc6c(N(c6ccccc6)c6ccc(-c7ccccc7)cc6)cc54)cc3)cc2)cc1. The van der Waals surface area contributed by atoms with Crippen LogP contribution in [0.2, 0.25) is 0 Å². The molecule has 1 heterocycles. The number of hydrogen-bond acceptors (Lipinski definition) is 1. The standard InChI is InChI=1S/C52H36N2/c1-4-14-37(15-5-1)39-24-26-40(27-25-39)42-30-34-45(35-31-42)54-49-23-13-12-22-48(49)52-47-21-11-10-20-46(47)50(36-51(52)54)53(43-18-8-3-9-19-43)44-32-28-41(29-33-44)38-16-6-2-7-17-38/h1-36H. The van der Waals surface area contributed by atoms with Gasteiger partial charge in [0.2, 0.25) is 0 Å². The molecule has 1 aromatic heterocycles. The second-order valence-corrected chi connectivity index (χ2v) is 13.8. The van der Waals surface area contributed by atoms with Crippen molar-refractivity contribution in [1.82, 2.24) is 4.57 Å². The van der Waals surface area contributed by atoms with E-state index in [0.717, 1.165) is 22.7 Å². The minimum Gasteiger partial charge on any atom is -0.310 e. The molecule has 0 aliphatic carbocycles. The molecule has 0 aliphatic heterocycles. The van der Waals surface area contributed by atoms with Gasteiger partial charge in [-0.1, -0.05) is 170 Å². The summed E-state index contributed by atoms with van der Waals surface area (Å²) >= 11 is 0. The summed E-state index contributed by atoms with van der Waals surface area (Å²) in [5.41, 5.74) is 14.1. The fraction of sp³-hybridized carbons (Fsp3) is 0. The lowest BCUT2D eigenvalue weighted by Gasteiger charge is -2.27. The average Bonchev–Trinajstić information content (AvgIpc) is 3.59. The summed E-state index contributed by atoms with van der Waals surface area (Å²) in [6, 6.07) is 78.8. The summed E-state index contributed by atoms with van der Waals surface area (Å²) in [6.07, 6.45) is 0. The zero-order valence-electron chi connectivity index (χ0n) is 29.7. The molecule has 0 saturated carbocycles. The molecule has 0 amide bonds. The number of para-hydroxylation sites is 2. The molecule has 0 saturated heterocycles. The number of aromatic nitrogens is 1. The Balaban J connectivity index is 1.14. The Morgan fingerprint density at radius 3 is 1.28 bits per heavy atom. The molecule has 2 heteroatoms. The number of hydrogen-bond donors (Lipinski definition) is 0. The van der Waals surface area contributed by atoms with Crippen LogP contribution in [-0.2, 0) is 0 Å². The first kappa shape index (κ1) is 31.6. The largest absolute Gasteiger partial charge is 0.310 e. The van der Waals surface area contributed by atoms with E-state index in [1.807, 2.05) is 0 Å². The van der Waals surface area contributed by atoms with Crippen molar-refractivity contribution in [3.63, 3.8) is 0 Å². The van der Waals surface area contributed by atoms with Crippen LogP contribution in [0.1, 0.15) is 0 Å². The first-order chi connectivity index (χ1) is 26.8. The lowest BCUT2D eigenvalue weighted by molar-refractivity contribution is 1.18. The number of fused-ring (bicyclic) bond motifs is 5. The average molecular weight is 689 g/mol. The minimum atomic E-state index is 1.11. The van der Waals surface area contributed by atoms with E-state index < -0.39 is 0 Å². The van der Waals surface area contributed by atoms with Gasteiger partial charge in [0.1, 0.15) is 0 Å². The van der Waals surface area contributed by atoms with E-state index in [0.29, 0.717) is 0 Å². The third-order valence-corrected chi connectivity index (χ3v) is 10.6. The van der Waals surface area contributed by atoms with Crippen LogP contribution < -0.4 is 4.90 Å². The van der Waals surface area contributed by atoms with Gasteiger partial charge in [0, 0.05) is 33.2 Å². The molecule has 0 N–H and O–H groups in total. The summed E-state index contributed by atoms with van der Waals surface area (Å²) in [4.78, 5) is 2.40. The van der Waals surface area contributed by atoms with Gasteiger partial charge < -0.3 is 9.47 Å². The lowest BCUT2D eigenvalue weighted by atomic mass is 10.00. The molecule has 254 valence electrons. The molecule has 0 radical (unpaired) electrons. The van der Waals surface area contributed by atoms with Gasteiger partial charge in [-0.2, -0.15) is 0 Å². The van der Waals surface area contributed by atoms with Gasteiger partial charge in [-0.25, -0.2) is 0 Å². The molecular weight excluding hydrogens is 653 g/mol. The maximum absolute atomic E-state index is 2.44. The first-order valence-electron chi connectivity index (χ1n) is 18.5. The van der Waals surface area contributed by atoms with E-state index in [4.69, 9.17) is 0 Å². The van der Waals surface area contributed by atoms with Crippen LogP contribution in [0, 0.1) is 0 Å². The van der Waals surface area contributed by atoms with Crippen molar-refractivity contribution < 1.29 is 0 Å². The van der Waals surface area contributed by atoms with Crippen LogP contribution in [0.25, 0.3) is 71.6 Å². The Morgan fingerprint density at radius 2 is 0.704 bits per heavy atom. The maximum Gasteiger partial charge on any atom is 0.0568 e. The van der Waals surface area contributed by atoms with E-state index in [1.165, 1.54) is 66.0 Å². The normalized spacial score (nSPS) is 11.3. The molecule has 2 nitrogen and oxygen atoms in total. The second kappa shape index (κ2) is 13.4. The number of anilines is 3. The van der Waals surface area contributed by atoms with Crippen LogP contribution in [0.5, 0.6) is 0 Å². The molecule has 0 atom stereocenters. The molecule has 0 bridgehead atoms. The van der Waals surface area contributed by atoms with Gasteiger partial charge in [0.25, 0.3) is 0 Å². The van der Waals surface area contributed by atoms with Crippen LogP contribution in [-0.4, -0.2) is 4.57 Å². The predicted molar refractivity (Wildman–Crippen MR) is 229 cm³/mol. The molecule has 10 aromatic rings.